The first-order chi connectivity index (χ1) is 9.31. The van der Waals surface area contributed by atoms with E-state index >= 15 is 0 Å². The van der Waals surface area contributed by atoms with E-state index in [2.05, 4.69) is 0 Å². The molecule has 0 aliphatic carbocycles. The number of aryl methyl sites for hydroxylation is 1. The molecule has 2 rings (SSSR count). The van der Waals surface area contributed by atoms with Gasteiger partial charge in [-0.15, -0.1) is 0 Å². The molecule has 6 heteroatoms. The second kappa shape index (κ2) is 5.42. The molecular formula is C14H13ClFNO2S. The lowest BCUT2D eigenvalue weighted by Gasteiger charge is -2.10. The number of nitrogen functional groups attached to an aromatic ring is 1. The van der Waals surface area contributed by atoms with Crippen molar-refractivity contribution in [2.45, 2.75) is 17.6 Å². The van der Waals surface area contributed by atoms with Gasteiger partial charge in [0.1, 0.15) is 5.82 Å². The lowest BCUT2D eigenvalue weighted by molar-refractivity contribution is 0.587. The van der Waals surface area contributed by atoms with Gasteiger partial charge >= 0.3 is 0 Å². The molecule has 0 aliphatic rings. The van der Waals surface area contributed by atoms with Crippen LogP contribution in [-0.2, 0) is 15.6 Å². The standard InChI is InChI=1S/C14H13ClFNO2S/c1-9-5-6-14(13(17)7-9)20(18,19)8-10-11(15)3-2-4-12(10)16/h2-7H,8,17H2,1H3. The van der Waals surface area contributed by atoms with Gasteiger partial charge in [0.05, 0.1) is 16.3 Å². The van der Waals surface area contributed by atoms with Crippen LogP contribution in [0.1, 0.15) is 11.1 Å². The minimum atomic E-state index is -3.76. The quantitative estimate of drug-likeness (QED) is 0.884. The van der Waals surface area contributed by atoms with E-state index < -0.39 is 21.4 Å². The smallest absolute Gasteiger partial charge is 0.184 e. The molecule has 0 atom stereocenters. The van der Waals surface area contributed by atoms with Crippen molar-refractivity contribution in [2.75, 3.05) is 5.73 Å². The zero-order chi connectivity index (χ0) is 14.9. The number of sulfone groups is 1. The van der Waals surface area contributed by atoms with Crippen molar-refractivity contribution < 1.29 is 12.8 Å². The fraction of sp³-hybridized carbons (Fsp3) is 0.143. The third kappa shape index (κ3) is 2.94. The maximum absolute atomic E-state index is 13.7. The zero-order valence-electron chi connectivity index (χ0n) is 10.7. The summed E-state index contributed by atoms with van der Waals surface area (Å²) in [5.74, 6) is -1.17. The van der Waals surface area contributed by atoms with Gasteiger partial charge in [0.25, 0.3) is 0 Å². The molecule has 3 nitrogen and oxygen atoms in total. The van der Waals surface area contributed by atoms with Gasteiger partial charge in [-0.2, -0.15) is 0 Å². The van der Waals surface area contributed by atoms with Crippen LogP contribution in [0.5, 0.6) is 0 Å². The summed E-state index contributed by atoms with van der Waals surface area (Å²) in [7, 11) is -3.76. The van der Waals surface area contributed by atoms with Crippen LogP contribution < -0.4 is 5.73 Å². The average molecular weight is 314 g/mol. The largest absolute Gasteiger partial charge is 0.398 e. The van der Waals surface area contributed by atoms with Crippen LogP contribution in [0.25, 0.3) is 0 Å². The van der Waals surface area contributed by atoms with Gasteiger partial charge in [-0.1, -0.05) is 23.7 Å². The van der Waals surface area contributed by atoms with Crippen molar-refractivity contribution in [3.8, 4) is 0 Å². The number of halogens is 2. The molecule has 0 aromatic heterocycles. The first-order valence-corrected chi connectivity index (χ1v) is 7.86. The van der Waals surface area contributed by atoms with E-state index in [1.54, 1.807) is 19.1 Å². The molecule has 0 saturated heterocycles. The topological polar surface area (TPSA) is 60.2 Å². The Morgan fingerprint density at radius 1 is 1.25 bits per heavy atom. The van der Waals surface area contributed by atoms with Gasteiger partial charge < -0.3 is 5.73 Å². The molecule has 0 bridgehead atoms. The lowest BCUT2D eigenvalue weighted by atomic mass is 10.2. The Hall–Kier alpha value is -1.59. The molecule has 0 spiro atoms. The van der Waals surface area contributed by atoms with Crippen LogP contribution in [-0.4, -0.2) is 8.42 Å². The Kier molecular flexibility index (Phi) is 4.01. The van der Waals surface area contributed by atoms with Crippen LogP contribution >= 0.6 is 11.6 Å². The van der Waals surface area contributed by atoms with Crippen molar-refractivity contribution in [2.24, 2.45) is 0 Å². The molecule has 0 fully saturated rings. The Morgan fingerprint density at radius 2 is 1.95 bits per heavy atom. The number of anilines is 1. The number of benzene rings is 2. The van der Waals surface area contributed by atoms with E-state index in [0.717, 1.165) is 5.56 Å². The molecule has 0 heterocycles. The Balaban J connectivity index is 2.46. The van der Waals surface area contributed by atoms with Gasteiger partial charge in [0.2, 0.25) is 0 Å². The second-order valence-electron chi connectivity index (χ2n) is 4.50. The molecule has 0 radical (unpaired) electrons. The monoisotopic (exact) mass is 313 g/mol. The van der Waals surface area contributed by atoms with Gasteiger partial charge in [-0.05, 0) is 36.8 Å². The highest BCUT2D eigenvalue weighted by atomic mass is 35.5. The van der Waals surface area contributed by atoms with Gasteiger partial charge in [-0.3, -0.25) is 0 Å². The summed E-state index contributed by atoms with van der Waals surface area (Å²) in [5, 5.41) is 0.0826. The van der Waals surface area contributed by atoms with E-state index in [4.69, 9.17) is 17.3 Å². The van der Waals surface area contributed by atoms with E-state index in [9.17, 15) is 12.8 Å². The van der Waals surface area contributed by atoms with Gasteiger partial charge in [-0.25, -0.2) is 12.8 Å². The summed E-state index contributed by atoms with van der Waals surface area (Å²) in [6.45, 7) is 1.81. The summed E-state index contributed by atoms with van der Waals surface area (Å²) in [5.41, 5.74) is 6.69. The highest BCUT2D eigenvalue weighted by molar-refractivity contribution is 7.90. The number of hydrogen-bond acceptors (Lipinski definition) is 3. The molecule has 2 N–H and O–H groups in total. The first kappa shape index (κ1) is 14.8. The third-order valence-electron chi connectivity index (χ3n) is 2.90. The highest BCUT2D eigenvalue weighted by Gasteiger charge is 2.21. The van der Waals surface area contributed by atoms with Gasteiger partial charge in [0, 0.05) is 10.6 Å². The van der Waals surface area contributed by atoms with Crippen molar-refractivity contribution >= 4 is 27.1 Å². The van der Waals surface area contributed by atoms with E-state index in [1.165, 1.54) is 24.3 Å². The van der Waals surface area contributed by atoms with Crippen LogP contribution in [0.15, 0.2) is 41.3 Å². The van der Waals surface area contributed by atoms with Crippen molar-refractivity contribution in [3.63, 3.8) is 0 Å². The average Bonchev–Trinajstić information content (AvgIpc) is 2.33. The molecule has 0 amide bonds. The van der Waals surface area contributed by atoms with Crippen LogP contribution in [0.4, 0.5) is 10.1 Å². The van der Waals surface area contributed by atoms with Crippen molar-refractivity contribution in [1.82, 2.24) is 0 Å². The summed E-state index contributed by atoms with van der Waals surface area (Å²) in [4.78, 5) is -0.0116. The first-order valence-electron chi connectivity index (χ1n) is 5.83. The normalized spacial score (nSPS) is 11.6. The van der Waals surface area contributed by atoms with Crippen LogP contribution in [0.3, 0.4) is 0 Å². The SMILES string of the molecule is Cc1ccc(S(=O)(=O)Cc2c(F)cccc2Cl)c(N)c1. The summed E-state index contributed by atoms with van der Waals surface area (Å²) in [6, 6.07) is 8.69. The molecule has 2 aromatic rings. The summed E-state index contributed by atoms with van der Waals surface area (Å²) < 4.78 is 38.3. The fourth-order valence-electron chi connectivity index (χ4n) is 1.89. The Labute approximate surface area is 122 Å². The maximum atomic E-state index is 13.7. The number of rotatable bonds is 3. The fourth-order valence-corrected chi connectivity index (χ4v) is 3.72. The Bertz CT molecular complexity index is 740. The van der Waals surface area contributed by atoms with Crippen molar-refractivity contribution in [1.29, 1.82) is 0 Å². The maximum Gasteiger partial charge on any atom is 0.184 e. The highest BCUT2D eigenvalue weighted by Crippen LogP contribution is 2.27. The van der Waals surface area contributed by atoms with Crippen molar-refractivity contribution in [3.05, 3.63) is 58.4 Å². The second-order valence-corrected chi connectivity index (χ2v) is 6.87. The molecule has 20 heavy (non-hydrogen) atoms. The number of hydrogen-bond donors (Lipinski definition) is 1. The molecular weight excluding hydrogens is 301 g/mol. The minimum absolute atomic E-state index is 0.0116. The minimum Gasteiger partial charge on any atom is -0.398 e. The van der Waals surface area contributed by atoms with Crippen LogP contribution in [0, 0.1) is 12.7 Å². The lowest BCUT2D eigenvalue weighted by Crippen LogP contribution is -2.09. The molecule has 0 unspecified atom stereocenters. The van der Waals surface area contributed by atoms with E-state index in [0.29, 0.717) is 0 Å². The van der Waals surface area contributed by atoms with E-state index in [1.807, 2.05) is 0 Å². The van der Waals surface area contributed by atoms with Crippen LogP contribution in [0.2, 0.25) is 5.02 Å². The molecule has 0 aliphatic heterocycles. The Morgan fingerprint density at radius 3 is 2.55 bits per heavy atom. The number of nitrogens with two attached hydrogens (primary N) is 1. The van der Waals surface area contributed by atoms with E-state index in [-0.39, 0.29) is 21.2 Å². The molecule has 106 valence electrons. The summed E-state index contributed by atoms with van der Waals surface area (Å²) >= 11 is 5.85. The molecule has 0 saturated carbocycles. The predicted molar refractivity (Wildman–Crippen MR) is 77.9 cm³/mol. The zero-order valence-corrected chi connectivity index (χ0v) is 12.3. The van der Waals surface area contributed by atoms with Gasteiger partial charge in [0.15, 0.2) is 9.84 Å². The third-order valence-corrected chi connectivity index (χ3v) is 4.96. The molecule has 2 aromatic carbocycles. The summed E-state index contributed by atoms with van der Waals surface area (Å²) in [6.07, 6.45) is 0. The predicted octanol–water partition coefficient (Wildman–Crippen LogP) is 3.34.